The lowest BCUT2D eigenvalue weighted by Gasteiger charge is -2.26. The van der Waals surface area contributed by atoms with Gasteiger partial charge in [-0.25, -0.2) is 0 Å². The number of carbonyl (C=O) groups is 1. The van der Waals surface area contributed by atoms with Gasteiger partial charge in [0.1, 0.15) is 0 Å². The summed E-state index contributed by atoms with van der Waals surface area (Å²) >= 11 is 0. The maximum atomic E-state index is 11.9. The van der Waals surface area contributed by atoms with Crippen molar-refractivity contribution in [1.82, 2.24) is 5.32 Å². The molecule has 98 valence electrons. The SMILES string of the molecule is NCC1CCC(C(=O)NCCCC2CC2)CC1. The molecule has 0 unspecified atom stereocenters. The largest absolute Gasteiger partial charge is 0.356 e. The Morgan fingerprint density at radius 2 is 1.71 bits per heavy atom. The summed E-state index contributed by atoms with van der Waals surface area (Å²) in [7, 11) is 0. The lowest BCUT2D eigenvalue weighted by atomic mass is 9.81. The fourth-order valence-corrected chi connectivity index (χ4v) is 2.81. The number of carbonyl (C=O) groups excluding carboxylic acids is 1. The summed E-state index contributed by atoms with van der Waals surface area (Å²) in [4.78, 5) is 11.9. The van der Waals surface area contributed by atoms with Crippen molar-refractivity contribution in [1.29, 1.82) is 0 Å². The number of hydrogen-bond donors (Lipinski definition) is 2. The van der Waals surface area contributed by atoms with Crippen molar-refractivity contribution < 1.29 is 4.79 Å². The highest BCUT2D eigenvalue weighted by molar-refractivity contribution is 5.78. The van der Waals surface area contributed by atoms with Gasteiger partial charge in [0.05, 0.1) is 0 Å². The van der Waals surface area contributed by atoms with Crippen LogP contribution >= 0.6 is 0 Å². The Morgan fingerprint density at radius 3 is 2.29 bits per heavy atom. The van der Waals surface area contributed by atoms with Gasteiger partial charge in [-0.3, -0.25) is 4.79 Å². The van der Waals surface area contributed by atoms with Crippen LogP contribution in [0, 0.1) is 17.8 Å². The van der Waals surface area contributed by atoms with E-state index in [1.807, 2.05) is 0 Å². The summed E-state index contributed by atoms with van der Waals surface area (Å²) in [6.07, 6.45) is 9.64. The average molecular weight is 238 g/mol. The molecule has 0 aromatic heterocycles. The Kier molecular flexibility index (Phi) is 4.84. The molecular weight excluding hydrogens is 212 g/mol. The first kappa shape index (κ1) is 12.9. The Morgan fingerprint density at radius 1 is 1.06 bits per heavy atom. The predicted molar refractivity (Wildman–Crippen MR) is 69.5 cm³/mol. The van der Waals surface area contributed by atoms with E-state index in [2.05, 4.69) is 5.32 Å². The Labute approximate surface area is 105 Å². The maximum Gasteiger partial charge on any atom is 0.223 e. The van der Waals surface area contributed by atoms with Crippen LogP contribution in [-0.2, 0) is 4.79 Å². The highest BCUT2D eigenvalue weighted by Crippen LogP contribution is 2.33. The van der Waals surface area contributed by atoms with Crippen LogP contribution in [0.15, 0.2) is 0 Å². The van der Waals surface area contributed by atoms with Crippen molar-refractivity contribution in [3.63, 3.8) is 0 Å². The minimum atomic E-state index is 0.263. The van der Waals surface area contributed by atoms with Crippen LogP contribution in [0.1, 0.15) is 51.4 Å². The second-order valence-electron chi connectivity index (χ2n) is 5.83. The van der Waals surface area contributed by atoms with Crippen LogP contribution in [0.5, 0.6) is 0 Å². The molecule has 0 saturated heterocycles. The quantitative estimate of drug-likeness (QED) is 0.696. The maximum absolute atomic E-state index is 11.9. The topological polar surface area (TPSA) is 55.1 Å². The van der Waals surface area contributed by atoms with Crippen LogP contribution in [-0.4, -0.2) is 19.0 Å². The van der Waals surface area contributed by atoms with Gasteiger partial charge in [0.2, 0.25) is 5.91 Å². The Hall–Kier alpha value is -0.570. The third-order valence-corrected chi connectivity index (χ3v) is 4.34. The molecule has 2 saturated carbocycles. The molecule has 3 heteroatoms. The minimum absolute atomic E-state index is 0.263. The van der Waals surface area contributed by atoms with Crippen molar-refractivity contribution in [2.24, 2.45) is 23.5 Å². The average Bonchev–Trinajstić information content (AvgIpc) is 3.18. The fraction of sp³-hybridized carbons (Fsp3) is 0.929. The number of rotatable bonds is 6. The fourth-order valence-electron chi connectivity index (χ4n) is 2.81. The van der Waals surface area contributed by atoms with Crippen molar-refractivity contribution in [3.05, 3.63) is 0 Å². The third-order valence-electron chi connectivity index (χ3n) is 4.34. The lowest BCUT2D eigenvalue weighted by Crippen LogP contribution is -2.34. The molecule has 0 radical (unpaired) electrons. The predicted octanol–water partition coefficient (Wildman–Crippen LogP) is 2.06. The first-order valence-corrected chi connectivity index (χ1v) is 7.27. The van der Waals surface area contributed by atoms with E-state index in [0.29, 0.717) is 5.92 Å². The van der Waals surface area contributed by atoms with E-state index in [0.717, 1.165) is 51.1 Å². The first-order chi connectivity index (χ1) is 8.29. The third kappa shape index (κ3) is 4.30. The number of amides is 1. The molecule has 0 heterocycles. The van der Waals surface area contributed by atoms with E-state index in [4.69, 9.17) is 5.73 Å². The lowest BCUT2D eigenvalue weighted by molar-refractivity contribution is -0.126. The van der Waals surface area contributed by atoms with Gasteiger partial charge in [-0.1, -0.05) is 12.8 Å². The summed E-state index contributed by atoms with van der Waals surface area (Å²) in [6, 6.07) is 0. The monoisotopic (exact) mass is 238 g/mol. The van der Waals surface area contributed by atoms with Gasteiger partial charge in [-0.2, -0.15) is 0 Å². The summed E-state index contributed by atoms with van der Waals surface area (Å²) in [5.41, 5.74) is 5.66. The zero-order chi connectivity index (χ0) is 12.1. The highest BCUT2D eigenvalue weighted by Gasteiger charge is 2.25. The highest BCUT2D eigenvalue weighted by atomic mass is 16.1. The second-order valence-corrected chi connectivity index (χ2v) is 5.83. The summed E-state index contributed by atoms with van der Waals surface area (Å²) < 4.78 is 0. The van der Waals surface area contributed by atoms with E-state index in [1.54, 1.807) is 0 Å². The van der Waals surface area contributed by atoms with E-state index in [9.17, 15) is 4.79 Å². The molecule has 0 aliphatic heterocycles. The summed E-state index contributed by atoms with van der Waals surface area (Å²) in [5.74, 6) is 2.19. The van der Waals surface area contributed by atoms with Gasteiger partial charge in [0, 0.05) is 12.5 Å². The van der Waals surface area contributed by atoms with Crippen molar-refractivity contribution in [2.75, 3.05) is 13.1 Å². The molecule has 2 fully saturated rings. The molecule has 3 nitrogen and oxygen atoms in total. The van der Waals surface area contributed by atoms with E-state index >= 15 is 0 Å². The van der Waals surface area contributed by atoms with Gasteiger partial charge < -0.3 is 11.1 Å². The summed E-state index contributed by atoms with van der Waals surface area (Å²) in [6.45, 7) is 1.67. The molecule has 1 amide bonds. The zero-order valence-electron chi connectivity index (χ0n) is 10.8. The molecule has 0 aromatic carbocycles. The molecule has 0 aromatic rings. The molecule has 2 aliphatic rings. The number of hydrogen-bond acceptors (Lipinski definition) is 2. The van der Waals surface area contributed by atoms with Crippen molar-refractivity contribution in [2.45, 2.75) is 51.4 Å². The van der Waals surface area contributed by atoms with Crippen molar-refractivity contribution in [3.8, 4) is 0 Å². The van der Waals surface area contributed by atoms with Crippen LogP contribution in [0.3, 0.4) is 0 Å². The van der Waals surface area contributed by atoms with E-state index in [1.165, 1.54) is 19.3 Å². The molecule has 3 N–H and O–H groups in total. The van der Waals surface area contributed by atoms with Crippen LogP contribution in [0.25, 0.3) is 0 Å². The molecule has 2 rings (SSSR count). The second kappa shape index (κ2) is 6.39. The first-order valence-electron chi connectivity index (χ1n) is 7.27. The smallest absolute Gasteiger partial charge is 0.223 e. The number of nitrogens with two attached hydrogens (primary N) is 1. The molecular formula is C14H26N2O. The zero-order valence-corrected chi connectivity index (χ0v) is 10.8. The van der Waals surface area contributed by atoms with Crippen molar-refractivity contribution >= 4 is 5.91 Å². The molecule has 0 atom stereocenters. The van der Waals surface area contributed by atoms with Gasteiger partial charge in [-0.05, 0) is 56.9 Å². The van der Waals surface area contributed by atoms with Gasteiger partial charge >= 0.3 is 0 Å². The summed E-state index contributed by atoms with van der Waals surface area (Å²) in [5, 5.41) is 3.10. The number of nitrogens with one attached hydrogen (secondary N) is 1. The van der Waals surface area contributed by atoms with Crippen LogP contribution < -0.4 is 11.1 Å². The molecule has 0 spiro atoms. The van der Waals surface area contributed by atoms with Crippen LogP contribution in [0.4, 0.5) is 0 Å². The Bertz CT molecular complexity index is 243. The van der Waals surface area contributed by atoms with Gasteiger partial charge in [0.25, 0.3) is 0 Å². The Balaban J connectivity index is 1.55. The van der Waals surface area contributed by atoms with Gasteiger partial charge in [0.15, 0.2) is 0 Å². The molecule has 17 heavy (non-hydrogen) atoms. The van der Waals surface area contributed by atoms with Crippen LogP contribution in [0.2, 0.25) is 0 Å². The standard InChI is InChI=1S/C14H26N2O/c15-10-12-5-7-13(8-6-12)14(17)16-9-1-2-11-3-4-11/h11-13H,1-10,15H2,(H,16,17). The van der Waals surface area contributed by atoms with E-state index < -0.39 is 0 Å². The normalized spacial score (nSPS) is 29.0. The molecule has 0 bridgehead atoms. The molecule has 2 aliphatic carbocycles. The van der Waals surface area contributed by atoms with E-state index in [-0.39, 0.29) is 11.8 Å². The van der Waals surface area contributed by atoms with Gasteiger partial charge in [-0.15, -0.1) is 0 Å². The minimum Gasteiger partial charge on any atom is -0.356 e.